The van der Waals surface area contributed by atoms with E-state index in [2.05, 4.69) is 22.0 Å². The van der Waals surface area contributed by atoms with Gasteiger partial charge in [0.15, 0.2) is 11.5 Å². The Morgan fingerprint density at radius 2 is 1.88 bits per heavy atom. The van der Waals surface area contributed by atoms with Crippen molar-refractivity contribution >= 4 is 16.9 Å². The Balaban J connectivity index is 1.28. The fraction of sp³-hybridized carbons (Fsp3) is 0.481. The molecule has 0 spiro atoms. The van der Waals surface area contributed by atoms with E-state index >= 15 is 0 Å². The average Bonchev–Trinajstić information content (AvgIpc) is 3.51. The maximum absolute atomic E-state index is 12.0. The Hall–Kier alpha value is -3.06. The summed E-state index contributed by atoms with van der Waals surface area (Å²) < 4.78 is 19.4. The van der Waals surface area contributed by atoms with Gasteiger partial charge in [0.25, 0.3) is 0 Å². The second kappa shape index (κ2) is 12.4. The highest BCUT2D eigenvalue weighted by Gasteiger charge is 2.22. The van der Waals surface area contributed by atoms with Crippen molar-refractivity contribution in [1.29, 1.82) is 0 Å². The first-order valence-electron chi connectivity index (χ1n) is 12.4. The summed E-state index contributed by atoms with van der Waals surface area (Å²) in [6.45, 7) is 5.22. The number of nitrogens with zero attached hydrogens (tertiary/aromatic N) is 2. The number of amides is 1. The molecule has 182 valence electrons. The smallest absolute Gasteiger partial charge is 0.249 e. The Kier molecular flexibility index (Phi) is 8.79. The number of aryl methyl sites for hydroxylation is 1. The molecule has 1 unspecified atom stereocenters. The summed E-state index contributed by atoms with van der Waals surface area (Å²) in [6, 6.07) is 16.0. The summed E-state index contributed by atoms with van der Waals surface area (Å²) in [5, 5.41) is 3.00. The van der Waals surface area contributed by atoms with Gasteiger partial charge in [-0.3, -0.25) is 4.79 Å². The van der Waals surface area contributed by atoms with Gasteiger partial charge in [-0.1, -0.05) is 30.7 Å². The molecule has 7 heteroatoms. The van der Waals surface area contributed by atoms with Gasteiger partial charge >= 0.3 is 0 Å². The lowest BCUT2D eigenvalue weighted by Crippen LogP contribution is -2.34. The van der Waals surface area contributed by atoms with Crippen molar-refractivity contribution < 1.29 is 19.0 Å². The lowest BCUT2D eigenvalue weighted by molar-refractivity contribution is -0.130. The van der Waals surface area contributed by atoms with E-state index in [9.17, 15) is 4.79 Å². The highest BCUT2D eigenvalue weighted by atomic mass is 16.5. The summed E-state index contributed by atoms with van der Waals surface area (Å²) >= 11 is 0. The first-order chi connectivity index (χ1) is 16.8. The number of benzene rings is 2. The number of hydrogen-bond acceptors (Lipinski definition) is 5. The van der Waals surface area contributed by atoms with Gasteiger partial charge in [-0.25, -0.2) is 4.98 Å². The largest absolute Gasteiger partial charge is 0.490 e. The monoisotopic (exact) mass is 465 g/mol. The molecule has 0 aliphatic carbocycles. The van der Waals surface area contributed by atoms with Crippen LogP contribution in [-0.4, -0.2) is 47.9 Å². The van der Waals surface area contributed by atoms with E-state index in [1.807, 2.05) is 43.3 Å². The number of ether oxygens (including phenoxy) is 3. The van der Waals surface area contributed by atoms with Crippen molar-refractivity contribution in [3.63, 3.8) is 0 Å². The molecule has 7 nitrogen and oxygen atoms in total. The van der Waals surface area contributed by atoms with Crippen LogP contribution in [0.5, 0.6) is 11.5 Å². The van der Waals surface area contributed by atoms with E-state index < -0.39 is 0 Å². The van der Waals surface area contributed by atoms with Crippen LogP contribution >= 0.6 is 0 Å². The van der Waals surface area contributed by atoms with E-state index in [-0.39, 0.29) is 12.0 Å². The van der Waals surface area contributed by atoms with Crippen LogP contribution in [0.3, 0.4) is 0 Å². The summed E-state index contributed by atoms with van der Waals surface area (Å²) in [5.74, 6) is 2.64. The highest BCUT2D eigenvalue weighted by molar-refractivity contribution is 5.80. The lowest BCUT2D eigenvalue weighted by Gasteiger charge is -2.13. The zero-order chi connectivity index (χ0) is 23.6. The van der Waals surface area contributed by atoms with Crippen LogP contribution in [0.4, 0.5) is 0 Å². The Morgan fingerprint density at radius 1 is 1.09 bits per heavy atom. The second-order valence-electron chi connectivity index (χ2n) is 8.50. The molecular weight excluding hydrogens is 430 g/mol. The Morgan fingerprint density at radius 3 is 2.68 bits per heavy atom. The van der Waals surface area contributed by atoms with Gasteiger partial charge < -0.3 is 24.1 Å². The highest BCUT2D eigenvalue weighted by Crippen LogP contribution is 2.26. The third-order valence-electron chi connectivity index (χ3n) is 6.05. The maximum Gasteiger partial charge on any atom is 0.249 e. The van der Waals surface area contributed by atoms with Gasteiger partial charge in [0, 0.05) is 19.6 Å². The molecule has 4 rings (SSSR count). The predicted molar refractivity (Wildman–Crippen MR) is 132 cm³/mol. The van der Waals surface area contributed by atoms with Crippen molar-refractivity contribution in [1.82, 2.24) is 14.9 Å². The van der Waals surface area contributed by atoms with Crippen LogP contribution in [0.1, 0.15) is 44.9 Å². The quantitative estimate of drug-likeness (QED) is 0.376. The van der Waals surface area contributed by atoms with E-state index in [1.165, 1.54) is 0 Å². The number of para-hydroxylation sites is 4. The topological polar surface area (TPSA) is 74.6 Å². The minimum atomic E-state index is -0.248. The molecule has 1 saturated heterocycles. The van der Waals surface area contributed by atoms with Crippen LogP contribution in [0, 0.1) is 0 Å². The SMILES string of the molecule is CCOc1ccccc1OCCn1c(CCCCCNC(=O)C2CCCO2)nc2ccccc21. The number of unbranched alkanes of at least 4 members (excludes halogenated alkanes) is 2. The molecule has 1 aliphatic rings. The standard InChI is InChI=1S/C27H35N3O4/c1-2-32-23-13-7-8-14-24(23)34-20-18-30-22-12-6-5-11-21(22)29-26(30)16-4-3-9-17-28-27(31)25-15-10-19-33-25/h5-8,11-14,25H,2-4,9-10,15-20H2,1H3,(H,28,31). The van der Waals surface area contributed by atoms with Gasteiger partial charge in [-0.2, -0.15) is 0 Å². The van der Waals surface area contributed by atoms with E-state index in [0.29, 0.717) is 32.9 Å². The van der Waals surface area contributed by atoms with Crippen LogP contribution in [-0.2, 0) is 22.5 Å². The molecule has 1 atom stereocenters. The molecular formula is C27H35N3O4. The predicted octanol–water partition coefficient (Wildman–Crippen LogP) is 4.52. The molecule has 1 amide bonds. The number of nitrogens with one attached hydrogen (secondary N) is 1. The van der Waals surface area contributed by atoms with Crippen molar-refractivity contribution in [2.75, 3.05) is 26.4 Å². The third-order valence-corrected chi connectivity index (χ3v) is 6.05. The summed E-state index contributed by atoms with van der Waals surface area (Å²) in [7, 11) is 0. The molecule has 1 N–H and O–H groups in total. The molecule has 2 heterocycles. The first kappa shape index (κ1) is 24.1. The summed E-state index contributed by atoms with van der Waals surface area (Å²) in [5.41, 5.74) is 2.14. The van der Waals surface area contributed by atoms with Gasteiger partial charge in [0.05, 0.1) is 24.2 Å². The van der Waals surface area contributed by atoms with Gasteiger partial charge in [0.2, 0.25) is 5.91 Å². The number of carbonyl (C=O) groups is 1. The van der Waals surface area contributed by atoms with Crippen LogP contribution in [0.25, 0.3) is 11.0 Å². The maximum atomic E-state index is 12.0. The fourth-order valence-electron chi connectivity index (χ4n) is 4.35. The van der Waals surface area contributed by atoms with Crippen LogP contribution in [0.15, 0.2) is 48.5 Å². The second-order valence-corrected chi connectivity index (χ2v) is 8.50. The minimum Gasteiger partial charge on any atom is -0.490 e. The Labute approximate surface area is 201 Å². The van der Waals surface area contributed by atoms with Gasteiger partial charge in [0.1, 0.15) is 18.5 Å². The molecule has 2 aromatic carbocycles. The molecule has 3 aromatic rings. The first-order valence-corrected chi connectivity index (χ1v) is 12.4. The van der Waals surface area contributed by atoms with Gasteiger partial charge in [-0.15, -0.1) is 0 Å². The van der Waals surface area contributed by atoms with E-state index in [0.717, 1.165) is 66.9 Å². The number of rotatable bonds is 13. The summed E-state index contributed by atoms with van der Waals surface area (Å²) in [6.07, 6.45) is 5.47. The minimum absolute atomic E-state index is 0.0326. The van der Waals surface area contributed by atoms with Crippen LogP contribution in [0.2, 0.25) is 0 Å². The van der Waals surface area contributed by atoms with E-state index in [4.69, 9.17) is 19.2 Å². The molecule has 1 aromatic heterocycles. The number of fused-ring (bicyclic) bond motifs is 1. The zero-order valence-electron chi connectivity index (χ0n) is 20.0. The van der Waals surface area contributed by atoms with Crippen molar-refractivity contribution in [3.05, 3.63) is 54.4 Å². The fourth-order valence-corrected chi connectivity index (χ4v) is 4.35. The number of imidazole rings is 1. The number of hydrogen-bond donors (Lipinski definition) is 1. The number of carbonyl (C=O) groups excluding carboxylic acids is 1. The van der Waals surface area contributed by atoms with E-state index in [1.54, 1.807) is 0 Å². The molecule has 0 saturated carbocycles. The van der Waals surface area contributed by atoms with Crippen LogP contribution < -0.4 is 14.8 Å². The lowest BCUT2D eigenvalue weighted by atomic mass is 10.2. The summed E-state index contributed by atoms with van der Waals surface area (Å²) in [4.78, 5) is 16.9. The molecule has 0 bridgehead atoms. The van der Waals surface area contributed by atoms with Crippen molar-refractivity contribution in [3.8, 4) is 11.5 Å². The molecule has 34 heavy (non-hydrogen) atoms. The normalized spacial score (nSPS) is 15.5. The molecule has 1 aliphatic heterocycles. The average molecular weight is 466 g/mol. The zero-order valence-corrected chi connectivity index (χ0v) is 20.0. The van der Waals surface area contributed by atoms with Crippen molar-refractivity contribution in [2.45, 2.75) is 58.1 Å². The third kappa shape index (κ3) is 6.29. The number of aromatic nitrogens is 2. The van der Waals surface area contributed by atoms with Gasteiger partial charge in [-0.05, 0) is 56.9 Å². The Bertz CT molecular complexity index is 1060. The van der Waals surface area contributed by atoms with Crippen molar-refractivity contribution in [2.24, 2.45) is 0 Å². The molecule has 1 fully saturated rings. The molecule has 0 radical (unpaired) electrons.